The Morgan fingerprint density at radius 1 is 1.73 bits per heavy atom. The minimum Gasteiger partial charge on any atom is -0.369 e. The van der Waals surface area contributed by atoms with Crippen molar-refractivity contribution in [3.05, 3.63) is 29.0 Å². The number of carbonyl (C=O) groups is 1. The highest BCUT2D eigenvalue weighted by Crippen LogP contribution is 2.11. The number of rotatable bonds is 2. The van der Waals surface area contributed by atoms with Gasteiger partial charge in [-0.05, 0) is 11.6 Å². The van der Waals surface area contributed by atoms with Gasteiger partial charge in [-0.2, -0.15) is 0 Å². The molecule has 1 aromatic rings. The first-order chi connectivity index (χ1) is 5.20. The van der Waals surface area contributed by atoms with E-state index in [1.807, 2.05) is 0 Å². The van der Waals surface area contributed by atoms with Crippen molar-refractivity contribution in [2.75, 3.05) is 0 Å². The number of hydrogen-bond acceptors (Lipinski definition) is 2. The van der Waals surface area contributed by atoms with Crippen LogP contribution in [0, 0.1) is 0 Å². The van der Waals surface area contributed by atoms with Gasteiger partial charge in [0.15, 0.2) is 0 Å². The molecule has 1 heterocycles. The third-order valence-corrected chi connectivity index (χ3v) is 1.54. The predicted molar refractivity (Wildman–Crippen MR) is 42.1 cm³/mol. The molecule has 1 amide bonds. The number of carbonyl (C=O) groups excluding carboxylic acids is 1. The van der Waals surface area contributed by atoms with E-state index in [1.165, 1.54) is 0 Å². The van der Waals surface area contributed by atoms with Gasteiger partial charge >= 0.3 is 0 Å². The maximum absolute atomic E-state index is 10.5. The first-order valence-electron chi connectivity index (χ1n) is 3.08. The molecule has 0 saturated carbocycles. The summed E-state index contributed by atoms with van der Waals surface area (Å²) in [7, 11) is 0. The monoisotopic (exact) mass is 170 g/mol. The van der Waals surface area contributed by atoms with Crippen LogP contribution in [0.15, 0.2) is 18.3 Å². The molecule has 0 spiro atoms. The van der Waals surface area contributed by atoms with Gasteiger partial charge in [0.25, 0.3) is 0 Å². The fraction of sp³-hybridized carbons (Fsp3) is 0.143. The lowest BCUT2D eigenvalue weighted by Crippen LogP contribution is -2.13. The van der Waals surface area contributed by atoms with Gasteiger partial charge in [-0.3, -0.25) is 4.79 Å². The molecule has 11 heavy (non-hydrogen) atoms. The second-order valence-corrected chi connectivity index (χ2v) is 2.45. The summed E-state index contributed by atoms with van der Waals surface area (Å²) in [5.74, 6) is -0.403. The minimum absolute atomic E-state index is 0.146. The van der Waals surface area contributed by atoms with Crippen LogP contribution in [-0.4, -0.2) is 10.9 Å². The molecule has 0 unspecified atom stereocenters. The zero-order chi connectivity index (χ0) is 8.27. The van der Waals surface area contributed by atoms with Crippen molar-refractivity contribution in [2.45, 2.75) is 6.42 Å². The normalized spacial score (nSPS) is 9.55. The summed E-state index contributed by atoms with van der Waals surface area (Å²) in [5.41, 5.74) is 5.64. The Hall–Kier alpha value is -1.09. The zero-order valence-corrected chi connectivity index (χ0v) is 6.51. The summed E-state index contributed by atoms with van der Waals surface area (Å²) in [6.45, 7) is 0. The van der Waals surface area contributed by atoms with Crippen LogP contribution < -0.4 is 5.73 Å². The second-order valence-electron chi connectivity index (χ2n) is 2.10. The molecule has 0 fully saturated rings. The molecular formula is C7H7ClN2O. The van der Waals surface area contributed by atoms with E-state index >= 15 is 0 Å². The Kier molecular flexibility index (Phi) is 2.44. The number of nitrogens with zero attached hydrogens (tertiary/aromatic N) is 1. The number of amides is 1. The van der Waals surface area contributed by atoms with E-state index < -0.39 is 5.91 Å². The van der Waals surface area contributed by atoms with E-state index in [0.29, 0.717) is 10.7 Å². The highest BCUT2D eigenvalue weighted by molar-refractivity contribution is 6.30. The van der Waals surface area contributed by atoms with E-state index in [2.05, 4.69) is 4.98 Å². The van der Waals surface area contributed by atoms with E-state index in [4.69, 9.17) is 17.3 Å². The van der Waals surface area contributed by atoms with Gasteiger partial charge < -0.3 is 5.73 Å². The third-order valence-electron chi connectivity index (χ3n) is 1.20. The molecule has 0 bridgehead atoms. The van der Waals surface area contributed by atoms with Crippen molar-refractivity contribution in [1.82, 2.24) is 4.98 Å². The van der Waals surface area contributed by atoms with Gasteiger partial charge in [-0.1, -0.05) is 17.7 Å². The molecule has 1 rings (SSSR count). The molecule has 0 aliphatic rings. The molecule has 0 radical (unpaired) electrons. The van der Waals surface area contributed by atoms with Gasteiger partial charge in [0.2, 0.25) is 5.91 Å². The van der Waals surface area contributed by atoms with E-state index in [-0.39, 0.29) is 6.42 Å². The van der Waals surface area contributed by atoms with Crippen LogP contribution in [0.25, 0.3) is 0 Å². The van der Waals surface area contributed by atoms with Gasteiger partial charge in [0, 0.05) is 6.20 Å². The Morgan fingerprint density at radius 3 is 3.00 bits per heavy atom. The molecule has 0 aliphatic heterocycles. The third kappa shape index (κ3) is 2.20. The SMILES string of the molecule is NC(=O)Cc1cccnc1Cl. The van der Waals surface area contributed by atoms with E-state index in [9.17, 15) is 4.79 Å². The van der Waals surface area contributed by atoms with Gasteiger partial charge in [0.05, 0.1) is 6.42 Å². The van der Waals surface area contributed by atoms with Crippen LogP contribution >= 0.6 is 11.6 Å². The Labute approximate surface area is 69.2 Å². The predicted octanol–water partition coefficient (Wildman–Crippen LogP) is 0.763. The van der Waals surface area contributed by atoms with Crippen LogP contribution in [0.1, 0.15) is 5.56 Å². The maximum Gasteiger partial charge on any atom is 0.221 e. The molecule has 0 aliphatic carbocycles. The Balaban J connectivity index is 2.86. The fourth-order valence-electron chi connectivity index (χ4n) is 0.739. The largest absolute Gasteiger partial charge is 0.369 e. The quantitative estimate of drug-likeness (QED) is 0.667. The number of hydrogen-bond donors (Lipinski definition) is 1. The van der Waals surface area contributed by atoms with Crippen molar-refractivity contribution >= 4 is 17.5 Å². The standard InChI is InChI=1S/C7H7ClN2O/c8-7-5(4-6(9)11)2-1-3-10-7/h1-3H,4H2,(H2,9,11). The Bertz CT molecular complexity index is 275. The van der Waals surface area contributed by atoms with Crippen LogP contribution in [0.3, 0.4) is 0 Å². The lowest BCUT2D eigenvalue weighted by Gasteiger charge is -1.97. The minimum atomic E-state index is -0.403. The fourth-order valence-corrected chi connectivity index (χ4v) is 0.925. The molecule has 3 nitrogen and oxygen atoms in total. The summed E-state index contributed by atoms with van der Waals surface area (Å²) in [4.78, 5) is 14.2. The lowest BCUT2D eigenvalue weighted by molar-refractivity contribution is -0.117. The number of aromatic nitrogens is 1. The van der Waals surface area contributed by atoms with E-state index in [1.54, 1.807) is 18.3 Å². The zero-order valence-electron chi connectivity index (χ0n) is 5.75. The molecule has 2 N–H and O–H groups in total. The molecule has 0 aromatic carbocycles. The summed E-state index contributed by atoms with van der Waals surface area (Å²) in [5, 5.41) is 0.339. The van der Waals surface area contributed by atoms with Gasteiger partial charge in [-0.25, -0.2) is 4.98 Å². The van der Waals surface area contributed by atoms with Crippen molar-refractivity contribution in [3.63, 3.8) is 0 Å². The number of halogens is 1. The van der Waals surface area contributed by atoms with E-state index in [0.717, 1.165) is 0 Å². The first kappa shape index (κ1) is 8.01. The lowest BCUT2D eigenvalue weighted by atomic mass is 10.2. The summed E-state index contributed by atoms with van der Waals surface area (Å²) < 4.78 is 0. The molecule has 4 heteroatoms. The second kappa shape index (κ2) is 3.34. The number of pyridine rings is 1. The molecule has 0 saturated heterocycles. The summed E-state index contributed by atoms with van der Waals surface area (Å²) in [6, 6.07) is 3.43. The van der Waals surface area contributed by atoms with Gasteiger partial charge in [0.1, 0.15) is 5.15 Å². The average Bonchev–Trinajstić information content (AvgIpc) is 1.93. The summed E-state index contributed by atoms with van der Waals surface area (Å²) in [6.07, 6.45) is 1.71. The average molecular weight is 171 g/mol. The smallest absolute Gasteiger partial charge is 0.221 e. The molecule has 1 aromatic heterocycles. The highest BCUT2D eigenvalue weighted by Gasteiger charge is 2.02. The Morgan fingerprint density at radius 2 is 2.45 bits per heavy atom. The number of nitrogens with two attached hydrogens (primary N) is 1. The molecule has 0 atom stereocenters. The van der Waals surface area contributed by atoms with Crippen LogP contribution in [0.2, 0.25) is 5.15 Å². The molecule has 58 valence electrons. The van der Waals surface area contributed by atoms with Crippen molar-refractivity contribution in [3.8, 4) is 0 Å². The van der Waals surface area contributed by atoms with Crippen LogP contribution in [0.4, 0.5) is 0 Å². The topological polar surface area (TPSA) is 56.0 Å². The van der Waals surface area contributed by atoms with Gasteiger partial charge in [-0.15, -0.1) is 0 Å². The highest BCUT2D eigenvalue weighted by atomic mass is 35.5. The first-order valence-corrected chi connectivity index (χ1v) is 3.45. The summed E-state index contributed by atoms with van der Waals surface area (Å²) >= 11 is 5.65. The van der Waals surface area contributed by atoms with Crippen LogP contribution in [-0.2, 0) is 11.2 Å². The molecular weight excluding hydrogens is 164 g/mol. The maximum atomic E-state index is 10.5. The van der Waals surface area contributed by atoms with Crippen LogP contribution in [0.5, 0.6) is 0 Å². The van der Waals surface area contributed by atoms with Crippen molar-refractivity contribution in [1.29, 1.82) is 0 Å². The number of primary amides is 1. The van der Waals surface area contributed by atoms with Crippen molar-refractivity contribution < 1.29 is 4.79 Å². The van der Waals surface area contributed by atoms with Crippen molar-refractivity contribution in [2.24, 2.45) is 5.73 Å².